The van der Waals surface area contributed by atoms with Crippen LogP contribution in [0.3, 0.4) is 0 Å². The highest BCUT2D eigenvalue weighted by Gasteiger charge is 2.29. The summed E-state index contributed by atoms with van der Waals surface area (Å²) in [6.45, 7) is 14.6. The summed E-state index contributed by atoms with van der Waals surface area (Å²) in [5, 5.41) is 0. The molecule has 0 radical (unpaired) electrons. The molecule has 0 amide bonds. The molecular formula is C12H27N3. The molecule has 1 saturated heterocycles. The normalized spacial score (nSPS) is 25.4. The molecule has 1 aliphatic rings. The van der Waals surface area contributed by atoms with Crippen LogP contribution in [-0.4, -0.2) is 54.6 Å². The minimum Gasteiger partial charge on any atom is -0.329 e. The van der Waals surface area contributed by atoms with Gasteiger partial charge in [-0.3, -0.25) is 9.80 Å². The number of nitrogens with zero attached hydrogens (tertiary/aromatic N) is 2. The smallest absolute Gasteiger partial charge is 0.0249 e. The molecule has 0 aliphatic carbocycles. The van der Waals surface area contributed by atoms with Crippen molar-refractivity contribution in [2.75, 3.05) is 32.7 Å². The van der Waals surface area contributed by atoms with Crippen molar-refractivity contribution in [3.05, 3.63) is 0 Å². The summed E-state index contributed by atoms with van der Waals surface area (Å²) >= 11 is 0. The molecule has 1 aliphatic heterocycles. The number of hydrogen-bond acceptors (Lipinski definition) is 3. The maximum atomic E-state index is 5.62. The van der Waals surface area contributed by atoms with E-state index in [2.05, 4.69) is 37.5 Å². The van der Waals surface area contributed by atoms with E-state index in [1.54, 1.807) is 0 Å². The van der Waals surface area contributed by atoms with Gasteiger partial charge >= 0.3 is 0 Å². The van der Waals surface area contributed by atoms with Crippen LogP contribution >= 0.6 is 0 Å². The highest BCUT2D eigenvalue weighted by Crippen LogP contribution is 2.19. The molecule has 1 rings (SSSR count). The van der Waals surface area contributed by atoms with Crippen molar-refractivity contribution in [3.8, 4) is 0 Å². The van der Waals surface area contributed by atoms with E-state index in [1.165, 1.54) is 19.6 Å². The lowest BCUT2D eigenvalue weighted by Crippen LogP contribution is -2.57. The van der Waals surface area contributed by atoms with E-state index in [4.69, 9.17) is 5.73 Å². The first-order chi connectivity index (χ1) is 7.06. The Kier molecular flexibility index (Phi) is 5.03. The highest BCUT2D eigenvalue weighted by molar-refractivity contribution is 4.85. The maximum absolute atomic E-state index is 5.62. The zero-order valence-electron chi connectivity index (χ0n) is 10.7. The molecular weight excluding hydrogens is 186 g/mol. The molecule has 0 saturated carbocycles. The molecule has 0 spiro atoms. The van der Waals surface area contributed by atoms with Gasteiger partial charge in [-0.2, -0.15) is 0 Å². The van der Waals surface area contributed by atoms with Gasteiger partial charge in [-0.1, -0.05) is 13.8 Å². The van der Waals surface area contributed by atoms with E-state index in [0.717, 1.165) is 19.0 Å². The zero-order chi connectivity index (χ0) is 11.4. The van der Waals surface area contributed by atoms with Crippen LogP contribution in [0.5, 0.6) is 0 Å². The summed E-state index contributed by atoms with van der Waals surface area (Å²) in [6.07, 6.45) is 0. The molecule has 1 unspecified atom stereocenters. The minimum atomic E-state index is 0.664. The Hall–Kier alpha value is -0.120. The van der Waals surface area contributed by atoms with Crippen LogP contribution in [0.1, 0.15) is 27.7 Å². The summed E-state index contributed by atoms with van der Waals surface area (Å²) < 4.78 is 0. The van der Waals surface area contributed by atoms with Gasteiger partial charge < -0.3 is 5.73 Å². The molecule has 0 aromatic heterocycles. The van der Waals surface area contributed by atoms with Gasteiger partial charge in [0.1, 0.15) is 0 Å². The average Bonchev–Trinajstić information content (AvgIpc) is 2.17. The van der Waals surface area contributed by atoms with E-state index in [1.807, 2.05) is 0 Å². The van der Waals surface area contributed by atoms with Gasteiger partial charge in [0.15, 0.2) is 0 Å². The summed E-state index contributed by atoms with van der Waals surface area (Å²) in [7, 11) is 0. The average molecular weight is 213 g/mol. The number of hydrogen-bond donors (Lipinski definition) is 1. The Morgan fingerprint density at radius 3 is 2.33 bits per heavy atom. The number of nitrogens with two attached hydrogens (primary N) is 1. The van der Waals surface area contributed by atoms with Crippen LogP contribution in [0.4, 0.5) is 0 Å². The number of rotatable bonds is 4. The fourth-order valence-corrected chi connectivity index (χ4v) is 2.50. The Morgan fingerprint density at radius 2 is 1.87 bits per heavy atom. The van der Waals surface area contributed by atoms with Crippen molar-refractivity contribution >= 4 is 0 Å². The second-order valence-electron chi connectivity index (χ2n) is 5.23. The molecule has 1 fully saturated rings. The second kappa shape index (κ2) is 5.83. The molecule has 3 heteroatoms. The van der Waals surface area contributed by atoms with Crippen molar-refractivity contribution in [3.63, 3.8) is 0 Å². The predicted molar refractivity (Wildman–Crippen MR) is 66.0 cm³/mol. The largest absolute Gasteiger partial charge is 0.329 e. The quantitative estimate of drug-likeness (QED) is 0.756. The van der Waals surface area contributed by atoms with Crippen LogP contribution in [0.15, 0.2) is 0 Å². The van der Waals surface area contributed by atoms with Crippen LogP contribution in [0.2, 0.25) is 0 Å². The van der Waals surface area contributed by atoms with Crippen molar-refractivity contribution in [2.45, 2.75) is 39.8 Å². The zero-order valence-corrected chi connectivity index (χ0v) is 10.7. The van der Waals surface area contributed by atoms with Gasteiger partial charge in [0.2, 0.25) is 0 Å². The molecule has 3 nitrogen and oxygen atoms in total. The summed E-state index contributed by atoms with van der Waals surface area (Å²) in [5.41, 5.74) is 5.62. The van der Waals surface area contributed by atoms with E-state index in [9.17, 15) is 0 Å². The summed E-state index contributed by atoms with van der Waals surface area (Å²) in [4.78, 5) is 5.14. The fourth-order valence-electron chi connectivity index (χ4n) is 2.50. The van der Waals surface area contributed by atoms with E-state index in [-0.39, 0.29) is 0 Å². The SMILES string of the molecule is CC(C)C1CN(CCN)CCN1C(C)C. The molecule has 0 aromatic rings. The van der Waals surface area contributed by atoms with Crippen LogP contribution in [-0.2, 0) is 0 Å². The van der Waals surface area contributed by atoms with Gasteiger partial charge in [0.05, 0.1) is 0 Å². The Balaban J connectivity index is 2.57. The topological polar surface area (TPSA) is 32.5 Å². The Bertz CT molecular complexity index is 180. The fraction of sp³-hybridized carbons (Fsp3) is 1.00. The van der Waals surface area contributed by atoms with Gasteiger partial charge in [-0.25, -0.2) is 0 Å². The van der Waals surface area contributed by atoms with Crippen molar-refractivity contribution in [1.29, 1.82) is 0 Å². The summed E-state index contributed by atoms with van der Waals surface area (Å²) in [6, 6.07) is 1.36. The predicted octanol–water partition coefficient (Wildman–Crippen LogP) is 0.996. The van der Waals surface area contributed by atoms with Gasteiger partial charge in [0, 0.05) is 44.8 Å². The first kappa shape index (κ1) is 12.9. The molecule has 2 N–H and O–H groups in total. The van der Waals surface area contributed by atoms with E-state index in [0.29, 0.717) is 12.1 Å². The minimum absolute atomic E-state index is 0.664. The molecule has 0 aromatic carbocycles. The lowest BCUT2D eigenvalue weighted by molar-refractivity contribution is 0.0299. The van der Waals surface area contributed by atoms with Crippen LogP contribution in [0, 0.1) is 5.92 Å². The van der Waals surface area contributed by atoms with Gasteiger partial charge in [0.25, 0.3) is 0 Å². The third-order valence-corrected chi connectivity index (χ3v) is 3.42. The highest BCUT2D eigenvalue weighted by atomic mass is 15.3. The van der Waals surface area contributed by atoms with Crippen molar-refractivity contribution in [2.24, 2.45) is 11.7 Å². The third kappa shape index (κ3) is 3.44. The lowest BCUT2D eigenvalue weighted by Gasteiger charge is -2.45. The van der Waals surface area contributed by atoms with Gasteiger partial charge in [-0.05, 0) is 19.8 Å². The Morgan fingerprint density at radius 1 is 1.20 bits per heavy atom. The molecule has 0 bridgehead atoms. The van der Waals surface area contributed by atoms with Crippen LogP contribution < -0.4 is 5.73 Å². The van der Waals surface area contributed by atoms with E-state index < -0.39 is 0 Å². The third-order valence-electron chi connectivity index (χ3n) is 3.42. The lowest BCUT2D eigenvalue weighted by atomic mass is 9.98. The van der Waals surface area contributed by atoms with Crippen LogP contribution in [0.25, 0.3) is 0 Å². The standard InChI is InChI=1S/C12H27N3/c1-10(2)12-9-14(6-5-13)7-8-15(12)11(3)4/h10-12H,5-9,13H2,1-4H3. The molecule has 90 valence electrons. The Labute approximate surface area is 94.6 Å². The number of piperazine rings is 1. The monoisotopic (exact) mass is 213 g/mol. The summed E-state index contributed by atoms with van der Waals surface area (Å²) in [5.74, 6) is 0.730. The first-order valence-corrected chi connectivity index (χ1v) is 6.24. The molecule has 1 atom stereocenters. The molecule has 15 heavy (non-hydrogen) atoms. The van der Waals surface area contributed by atoms with Crippen molar-refractivity contribution in [1.82, 2.24) is 9.80 Å². The molecule has 1 heterocycles. The van der Waals surface area contributed by atoms with Crippen molar-refractivity contribution < 1.29 is 0 Å². The van der Waals surface area contributed by atoms with E-state index >= 15 is 0 Å². The van der Waals surface area contributed by atoms with Gasteiger partial charge in [-0.15, -0.1) is 0 Å². The first-order valence-electron chi connectivity index (χ1n) is 6.24. The second-order valence-corrected chi connectivity index (χ2v) is 5.23. The maximum Gasteiger partial charge on any atom is 0.0249 e.